The number of hydrogen-bond donors (Lipinski definition) is 3. The number of carbonyl (C=O) groups is 3. The number of hydrogen-bond acceptors (Lipinski definition) is 6. The van der Waals surface area contributed by atoms with Crippen LogP contribution in [0.25, 0.3) is 0 Å². The van der Waals surface area contributed by atoms with E-state index in [0.29, 0.717) is 30.1 Å². The standard InChI is InChI=1S/C37H40N2O7/c1-26(2)20-31(39-37(43)46-25-29-16-10-5-11-17-29)35(40)38-32(36(41)42)21-30-18-19-33(44-23-27-12-6-3-7-13-27)34(22-30)45-24-28-14-8-4-9-15-28/h3-19,22,26,31-32H,20-21,23-25H2,1-2H3,(H,38,40)(H,39,43)(H,41,42)/t31-,32-/m0/s1. The summed E-state index contributed by atoms with van der Waals surface area (Å²) in [6, 6.07) is 31.5. The van der Waals surface area contributed by atoms with Crippen LogP contribution in [0.2, 0.25) is 0 Å². The Hall–Kier alpha value is -5.31. The van der Waals surface area contributed by atoms with Crippen molar-refractivity contribution in [1.82, 2.24) is 10.6 Å². The maximum atomic E-state index is 13.3. The molecule has 0 aliphatic rings. The highest BCUT2D eigenvalue weighted by molar-refractivity contribution is 5.89. The van der Waals surface area contributed by atoms with Gasteiger partial charge in [0.05, 0.1) is 0 Å². The van der Waals surface area contributed by atoms with Gasteiger partial charge in [-0.2, -0.15) is 0 Å². The molecule has 0 bridgehead atoms. The maximum Gasteiger partial charge on any atom is 0.408 e. The first-order chi connectivity index (χ1) is 22.3. The highest BCUT2D eigenvalue weighted by Crippen LogP contribution is 2.31. The number of amides is 2. The zero-order valence-electron chi connectivity index (χ0n) is 26.1. The summed E-state index contributed by atoms with van der Waals surface area (Å²) in [7, 11) is 0. The first-order valence-corrected chi connectivity index (χ1v) is 15.2. The molecule has 9 heteroatoms. The molecule has 0 saturated heterocycles. The normalized spacial score (nSPS) is 12.1. The number of carbonyl (C=O) groups excluding carboxylic acids is 2. The quantitative estimate of drug-likeness (QED) is 0.134. The number of alkyl carbamates (subject to hydrolysis) is 1. The van der Waals surface area contributed by atoms with Crippen LogP contribution in [-0.4, -0.2) is 35.2 Å². The number of ether oxygens (including phenoxy) is 3. The van der Waals surface area contributed by atoms with Gasteiger partial charge in [0.25, 0.3) is 0 Å². The Labute approximate surface area is 269 Å². The van der Waals surface area contributed by atoms with E-state index >= 15 is 0 Å². The van der Waals surface area contributed by atoms with Crippen LogP contribution >= 0.6 is 0 Å². The lowest BCUT2D eigenvalue weighted by Gasteiger charge is -2.23. The van der Waals surface area contributed by atoms with Crippen molar-refractivity contribution < 1.29 is 33.7 Å². The van der Waals surface area contributed by atoms with E-state index in [9.17, 15) is 19.5 Å². The highest BCUT2D eigenvalue weighted by atomic mass is 16.5. The number of carboxylic acid groups (broad SMARTS) is 1. The van der Waals surface area contributed by atoms with Crippen molar-refractivity contribution >= 4 is 18.0 Å². The van der Waals surface area contributed by atoms with Crippen molar-refractivity contribution in [1.29, 1.82) is 0 Å². The lowest BCUT2D eigenvalue weighted by atomic mass is 10.0. The van der Waals surface area contributed by atoms with Crippen LogP contribution < -0.4 is 20.1 Å². The van der Waals surface area contributed by atoms with Gasteiger partial charge >= 0.3 is 12.1 Å². The van der Waals surface area contributed by atoms with Gasteiger partial charge in [0.15, 0.2) is 11.5 Å². The maximum absolute atomic E-state index is 13.3. The molecule has 0 aromatic heterocycles. The Kier molecular flexibility index (Phi) is 12.6. The first-order valence-electron chi connectivity index (χ1n) is 15.2. The Morgan fingerprint density at radius 2 is 1.15 bits per heavy atom. The second kappa shape index (κ2) is 17.2. The van der Waals surface area contributed by atoms with E-state index in [2.05, 4.69) is 10.6 Å². The fourth-order valence-electron chi connectivity index (χ4n) is 4.70. The van der Waals surface area contributed by atoms with Crippen molar-refractivity contribution in [3.8, 4) is 11.5 Å². The van der Waals surface area contributed by atoms with Gasteiger partial charge in [-0.1, -0.05) is 111 Å². The number of aliphatic carboxylic acids is 1. The monoisotopic (exact) mass is 624 g/mol. The number of nitrogens with one attached hydrogen (secondary N) is 2. The second-order valence-electron chi connectivity index (χ2n) is 11.3. The third-order valence-electron chi connectivity index (χ3n) is 7.07. The molecule has 0 unspecified atom stereocenters. The Bertz CT molecular complexity index is 1550. The average molecular weight is 625 g/mol. The highest BCUT2D eigenvalue weighted by Gasteiger charge is 2.28. The molecule has 0 heterocycles. The smallest absolute Gasteiger partial charge is 0.408 e. The van der Waals surface area contributed by atoms with Gasteiger partial charge in [-0.25, -0.2) is 9.59 Å². The van der Waals surface area contributed by atoms with Gasteiger partial charge in [0.2, 0.25) is 5.91 Å². The molecular formula is C37H40N2O7. The Balaban J connectivity index is 1.45. The molecule has 4 aromatic carbocycles. The fraction of sp³-hybridized carbons (Fsp3) is 0.270. The average Bonchev–Trinajstić information content (AvgIpc) is 3.06. The predicted octanol–water partition coefficient (Wildman–Crippen LogP) is 6.30. The van der Waals surface area contributed by atoms with Crippen LogP contribution in [0.15, 0.2) is 109 Å². The van der Waals surface area contributed by atoms with E-state index in [0.717, 1.165) is 16.7 Å². The van der Waals surface area contributed by atoms with Crippen molar-refractivity contribution in [2.75, 3.05) is 0 Å². The van der Waals surface area contributed by atoms with Gasteiger partial charge in [0.1, 0.15) is 31.9 Å². The summed E-state index contributed by atoms with van der Waals surface area (Å²) >= 11 is 0. The predicted molar refractivity (Wildman–Crippen MR) is 174 cm³/mol. The SMILES string of the molecule is CC(C)C[C@H](NC(=O)OCc1ccccc1)C(=O)N[C@@H](Cc1ccc(OCc2ccccc2)c(OCc2ccccc2)c1)C(=O)O. The van der Waals surface area contributed by atoms with Crippen molar-refractivity contribution in [3.05, 3.63) is 131 Å². The summed E-state index contributed by atoms with van der Waals surface area (Å²) in [6.07, 6.45) is -0.485. The minimum absolute atomic E-state index is 0.0193. The summed E-state index contributed by atoms with van der Waals surface area (Å²) in [5, 5.41) is 15.3. The summed E-state index contributed by atoms with van der Waals surface area (Å²) in [5.74, 6) is -0.815. The molecule has 0 radical (unpaired) electrons. The third-order valence-corrected chi connectivity index (χ3v) is 7.07. The van der Waals surface area contributed by atoms with Crippen LogP contribution in [0, 0.1) is 5.92 Å². The van der Waals surface area contributed by atoms with Gasteiger partial charge in [-0.3, -0.25) is 4.79 Å². The molecule has 46 heavy (non-hydrogen) atoms. The van der Waals surface area contributed by atoms with Crippen LogP contribution in [0.3, 0.4) is 0 Å². The Morgan fingerprint density at radius 3 is 1.67 bits per heavy atom. The van der Waals surface area contributed by atoms with E-state index in [1.807, 2.05) is 105 Å². The number of carboxylic acids is 1. The van der Waals surface area contributed by atoms with Gasteiger partial charge in [-0.15, -0.1) is 0 Å². The van der Waals surface area contributed by atoms with E-state index in [1.54, 1.807) is 18.2 Å². The molecule has 3 N–H and O–H groups in total. The second-order valence-corrected chi connectivity index (χ2v) is 11.3. The van der Waals surface area contributed by atoms with Crippen LogP contribution in [0.1, 0.15) is 42.5 Å². The van der Waals surface area contributed by atoms with Gasteiger partial charge in [-0.05, 0) is 46.7 Å². The molecule has 2 amide bonds. The van der Waals surface area contributed by atoms with Crippen LogP contribution in [-0.2, 0) is 40.6 Å². The molecule has 0 aliphatic heterocycles. The molecule has 0 spiro atoms. The lowest BCUT2D eigenvalue weighted by molar-refractivity contribution is -0.142. The van der Waals surface area contributed by atoms with Crippen LogP contribution in [0.4, 0.5) is 4.79 Å². The van der Waals surface area contributed by atoms with E-state index < -0.39 is 30.1 Å². The molecule has 2 atom stereocenters. The largest absolute Gasteiger partial charge is 0.485 e. The summed E-state index contributed by atoms with van der Waals surface area (Å²) < 4.78 is 17.5. The van der Waals surface area contributed by atoms with Crippen molar-refractivity contribution in [3.63, 3.8) is 0 Å². The topological polar surface area (TPSA) is 123 Å². The Morgan fingerprint density at radius 1 is 0.630 bits per heavy atom. The van der Waals surface area contributed by atoms with Gasteiger partial charge in [0, 0.05) is 6.42 Å². The number of rotatable bonds is 16. The summed E-state index contributed by atoms with van der Waals surface area (Å²) in [5.41, 5.74) is 3.38. The van der Waals surface area contributed by atoms with E-state index in [1.165, 1.54) is 0 Å². The van der Waals surface area contributed by atoms with E-state index in [4.69, 9.17) is 14.2 Å². The van der Waals surface area contributed by atoms with E-state index in [-0.39, 0.29) is 25.6 Å². The minimum Gasteiger partial charge on any atom is -0.485 e. The molecule has 4 aromatic rings. The molecule has 0 saturated carbocycles. The van der Waals surface area contributed by atoms with Crippen molar-refractivity contribution in [2.45, 2.75) is 58.6 Å². The molecule has 240 valence electrons. The lowest BCUT2D eigenvalue weighted by Crippen LogP contribution is -2.52. The molecule has 0 fully saturated rings. The third kappa shape index (κ3) is 11.0. The zero-order chi connectivity index (χ0) is 32.7. The number of benzene rings is 4. The minimum atomic E-state index is -1.26. The summed E-state index contributed by atoms with van der Waals surface area (Å²) in [6.45, 7) is 4.47. The molecular weight excluding hydrogens is 584 g/mol. The fourth-order valence-corrected chi connectivity index (χ4v) is 4.70. The van der Waals surface area contributed by atoms with Crippen molar-refractivity contribution in [2.24, 2.45) is 5.92 Å². The molecule has 4 rings (SSSR count). The first kappa shape index (κ1) is 33.6. The molecule has 9 nitrogen and oxygen atoms in total. The van der Waals surface area contributed by atoms with Crippen LogP contribution in [0.5, 0.6) is 11.5 Å². The zero-order valence-corrected chi connectivity index (χ0v) is 26.1. The summed E-state index contributed by atoms with van der Waals surface area (Å²) in [4.78, 5) is 38.2. The molecule has 0 aliphatic carbocycles. The van der Waals surface area contributed by atoms with Gasteiger partial charge < -0.3 is 30.0 Å².